The van der Waals surface area contributed by atoms with Crippen molar-refractivity contribution in [1.29, 1.82) is 0 Å². The van der Waals surface area contributed by atoms with Crippen LogP contribution < -0.4 is 14.8 Å². The molecule has 0 fully saturated rings. The maximum Gasteiger partial charge on any atom is 0.323 e. The van der Waals surface area contributed by atoms with E-state index in [4.69, 9.17) is 14.6 Å². The van der Waals surface area contributed by atoms with Gasteiger partial charge in [0.25, 0.3) is 11.8 Å². The number of hydrogen-bond acceptors (Lipinski definition) is 5. The normalized spacial score (nSPS) is 10.2. The molecule has 1 aromatic rings. The zero-order valence-electron chi connectivity index (χ0n) is 14.2. The molecular formula is C16H22N2O6. The first kappa shape index (κ1) is 19.3. The smallest absolute Gasteiger partial charge is 0.323 e. The van der Waals surface area contributed by atoms with Crippen molar-refractivity contribution in [2.45, 2.75) is 19.9 Å². The molecule has 0 atom stereocenters. The number of rotatable bonds is 8. The molecule has 0 aliphatic rings. The molecular weight excluding hydrogens is 316 g/mol. The molecule has 0 aliphatic carbocycles. The molecule has 2 N–H and O–H groups in total. The molecule has 2 amide bonds. The van der Waals surface area contributed by atoms with Crippen molar-refractivity contribution in [2.24, 2.45) is 0 Å². The summed E-state index contributed by atoms with van der Waals surface area (Å²) in [5.41, 5.74) is 0.259. The Labute approximate surface area is 140 Å². The highest BCUT2D eigenvalue weighted by atomic mass is 16.5. The van der Waals surface area contributed by atoms with Crippen LogP contribution in [0.2, 0.25) is 0 Å². The summed E-state index contributed by atoms with van der Waals surface area (Å²) in [6.07, 6.45) is 0. The Morgan fingerprint density at radius 2 is 1.92 bits per heavy atom. The average Bonchev–Trinajstić information content (AvgIpc) is 2.50. The van der Waals surface area contributed by atoms with Crippen LogP contribution in [0.3, 0.4) is 0 Å². The number of amides is 2. The summed E-state index contributed by atoms with van der Waals surface area (Å²) in [5, 5.41) is 11.4. The maximum absolute atomic E-state index is 12.1. The van der Waals surface area contributed by atoms with E-state index in [2.05, 4.69) is 5.32 Å². The van der Waals surface area contributed by atoms with Crippen molar-refractivity contribution < 1.29 is 29.0 Å². The first-order valence-corrected chi connectivity index (χ1v) is 7.32. The van der Waals surface area contributed by atoms with Gasteiger partial charge in [-0.1, -0.05) is 0 Å². The van der Waals surface area contributed by atoms with Crippen molar-refractivity contribution in [1.82, 2.24) is 10.2 Å². The third-order valence-electron chi connectivity index (χ3n) is 2.94. The fraction of sp³-hybridized carbons (Fsp3) is 0.438. The van der Waals surface area contributed by atoms with E-state index in [0.717, 1.165) is 4.90 Å². The zero-order valence-corrected chi connectivity index (χ0v) is 14.2. The predicted molar refractivity (Wildman–Crippen MR) is 86.4 cm³/mol. The van der Waals surface area contributed by atoms with Crippen LogP contribution in [0.5, 0.6) is 11.5 Å². The van der Waals surface area contributed by atoms with E-state index in [9.17, 15) is 14.4 Å². The fourth-order valence-corrected chi connectivity index (χ4v) is 1.92. The Bertz CT molecular complexity index is 615. The van der Waals surface area contributed by atoms with Gasteiger partial charge in [-0.05, 0) is 32.0 Å². The summed E-state index contributed by atoms with van der Waals surface area (Å²) in [5.74, 6) is -1.24. The van der Waals surface area contributed by atoms with E-state index in [1.54, 1.807) is 0 Å². The monoisotopic (exact) mass is 338 g/mol. The molecule has 0 aliphatic heterocycles. The molecule has 8 heteroatoms. The first-order valence-electron chi connectivity index (χ1n) is 7.32. The van der Waals surface area contributed by atoms with Gasteiger partial charge in [0.1, 0.15) is 6.54 Å². The first-order chi connectivity index (χ1) is 11.2. The van der Waals surface area contributed by atoms with Gasteiger partial charge in [-0.15, -0.1) is 0 Å². The molecule has 0 bridgehead atoms. The Morgan fingerprint density at radius 3 is 2.46 bits per heavy atom. The molecule has 24 heavy (non-hydrogen) atoms. The summed E-state index contributed by atoms with van der Waals surface area (Å²) in [4.78, 5) is 35.5. The highest BCUT2D eigenvalue weighted by Gasteiger charge is 2.17. The molecule has 0 radical (unpaired) electrons. The summed E-state index contributed by atoms with van der Waals surface area (Å²) < 4.78 is 10.6. The van der Waals surface area contributed by atoms with Crippen LogP contribution in [0.25, 0.3) is 0 Å². The van der Waals surface area contributed by atoms with Crippen LogP contribution in [0.15, 0.2) is 18.2 Å². The van der Waals surface area contributed by atoms with Crippen LogP contribution in [0.4, 0.5) is 0 Å². The minimum atomic E-state index is -1.10. The van der Waals surface area contributed by atoms with Gasteiger partial charge in [-0.3, -0.25) is 14.4 Å². The number of likely N-dealkylation sites (N-methyl/N-ethyl adjacent to an activating group) is 1. The van der Waals surface area contributed by atoms with Crippen LogP contribution in [0.1, 0.15) is 24.2 Å². The van der Waals surface area contributed by atoms with Crippen LogP contribution in [-0.4, -0.2) is 61.1 Å². The second-order valence-electron chi connectivity index (χ2n) is 5.43. The summed E-state index contributed by atoms with van der Waals surface area (Å²) in [6.45, 7) is 3.09. The number of hydrogen-bond donors (Lipinski definition) is 2. The van der Waals surface area contributed by atoms with E-state index in [1.165, 1.54) is 32.4 Å². The Balaban J connectivity index is 2.83. The summed E-state index contributed by atoms with van der Waals surface area (Å²) in [7, 11) is 2.80. The lowest BCUT2D eigenvalue weighted by atomic mass is 10.1. The van der Waals surface area contributed by atoms with Crippen molar-refractivity contribution in [2.75, 3.05) is 27.3 Å². The molecule has 0 unspecified atom stereocenters. The Hall–Kier alpha value is -2.77. The van der Waals surface area contributed by atoms with Gasteiger partial charge in [-0.2, -0.15) is 0 Å². The molecule has 0 saturated carbocycles. The topological polar surface area (TPSA) is 105 Å². The second kappa shape index (κ2) is 8.76. The lowest BCUT2D eigenvalue weighted by Gasteiger charge is -2.16. The number of carbonyl (C=O) groups excluding carboxylic acids is 2. The third-order valence-corrected chi connectivity index (χ3v) is 2.94. The molecule has 8 nitrogen and oxygen atoms in total. The molecule has 0 aromatic heterocycles. The van der Waals surface area contributed by atoms with Crippen LogP contribution in [-0.2, 0) is 9.59 Å². The van der Waals surface area contributed by atoms with E-state index >= 15 is 0 Å². The number of ether oxygens (including phenoxy) is 2. The van der Waals surface area contributed by atoms with Gasteiger partial charge in [-0.25, -0.2) is 0 Å². The number of methoxy groups -OCH3 is 1. The molecule has 0 heterocycles. The van der Waals surface area contributed by atoms with Crippen molar-refractivity contribution in [3.63, 3.8) is 0 Å². The van der Waals surface area contributed by atoms with E-state index in [0.29, 0.717) is 5.75 Å². The lowest BCUT2D eigenvalue weighted by Crippen LogP contribution is -2.34. The summed E-state index contributed by atoms with van der Waals surface area (Å²) >= 11 is 0. The number of carboxylic acid groups (broad SMARTS) is 1. The average molecular weight is 338 g/mol. The largest absolute Gasteiger partial charge is 0.493 e. The van der Waals surface area contributed by atoms with Gasteiger partial charge in [0.15, 0.2) is 18.1 Å². The Kier molecular flexibility index (Phi) is 7.03. The second-order valence-corrected chi connectivity index (χ2v) is 5.43. The van der Waals surface area contributed by atoms with E-state index in [1.807, 2.05) is 13.8 Å². The third kappa shape index (κ3) is 5.79. The van der Waals surface area contributed by atoms with Gasteiger partial charge in [0.2, 0.25) is 0 Å². The highest BCUT2D eigenvalue weighted by Crippen LogP contribution is 2.28. The quantitative estimate of drug-likeness (QED) is 0.725. The maximum atomic E-state index is 12.1. The van der Waals surface area contributed by atoms with Gasteiger partial charge in [0, 0.05) is 18.7 Å². The van der Waals surface area contributed by atoms with E-state index in [-0.39, 0.29) is 29.9 Å². The van der Waals surface area contributed by atoms with Crippen LogP contribution in [0, 0.1) is 0 Å². The van der Waals surface area contributed by atoms with Crippen molar-refractivity contribution >= 4 is 17.8 Å². The number of carbonyl (C=O) groups is 3. The molecule has 1 rings (SSSR count). The lowest BCUT2D eigenvalue weighted by molar-refractivity contribution is -0.137. The molecule has 0 spiro atoms. The minimum Gasteiger partial charge on any atom is -0.493 e. The minimum absolute atomic E-state index is 0.00719. The number of carboxylic acids is 1. The van der Waals surface area contributed by atoms with Crippen molar-refractivity contribution in [3.05, 3.63) is 23.8 Å². The number of nitrogens with zero attached hydrogens (tertiary/aromatic N) is 1. The zero-order chi connectivity index (χ0) is 18.3. The fourth-order valence-electron chi connectivity index (χ4n) is 1.92. The van der Waals surface area contributed by atoms with Crippen molar-refractivity contribution in [3.8, 4) is 11.5 Å². The van der Waals surface area contributed by atoms with E-state index < -0.39 is 18.4 Å². The highest BCUT2D eigenvalue weighted by molar-refractivity contribution is 5.96. The Morgan fingerprint density at radius 1 is 1.25 bits per heavy atom. The summed E-state index contributed by atoms with van der Waals surface area (Å²) in [6, 6.07) is 4.44. The van der Waals surface area contributed by atoms with Gasteiger partial charge in [0.05, 0.1) is 7.11 Å². The number of aliphatic carboxylic acids is 1. The number of nitrogens with one attached hydrogen (secondary N) is 1. The molecule has 0 saturated heterocycles. The van der Waals surface area contributed by atoms with Gasteiger partial charge >= 0.3 is 5.97 Å². The SMILES string of the molecule is COc1cc(C(=O)N(C)CC(=O)O)ccc1OCC(=O)NC(C)C. The predicted octanol–water partition coefficient (Wildman–Crippen LogP) is 0.755. The van der Waals surface area contributed by atoms with Crippen LogP contribution >= 0.6 is 0 Å². The molecule has 132 valence electrons. The standard InChI is InChI=1S/C16H22N2O6/c1-10(2)17-14(19)9-24-12-6-5-11(7-13(12)23-4)16(22)18(3)8-15(20)21/h5-7,10H,8-9H2,1-4H3,(H,17,19)(H,20,21). The molecule has 1 aromatic carbocycles. The number of benzene rings is 1. The van der Waals surface area contributed by atoms with Gasteiger partial charge < -0.3 is 24.8 Å².